The predicted molar refractivity (Wildman–Crippen MR) is 119 cm³/mol. The molecule has 3 aromatic rings. The Kier molecular flexibility index (Phi) is 6.01. The molecule has 0 amide bonds. The van der Waals surface area contributed by atoms with E-state index in [-0.39, 0.29) is 34.0 Å². The van der Waals surface area contributed by atoms with E-state index in [4.69, 9.17) is 15.2 Å². The minimum Gasteiger partial charge on any atom is -0.595 e. The maximum atomic E-state index is 13.8. The lowest BCUT2D eigenvalue weighted by Gasteiger charge is -2.29. The van der Waals surface area contributed by atoms with Crippen LogP contribution in [0, 0.1) is 12.1 Å². The Bertz CT molecular complexity index is 1300. The number of carbonyl (C=O) groups is 1. The number of pyridine rings is 1. The maximum absolute atomic E-state index is 13.8. The third-order valence-corrected chi connectivity index (χ3v) is 5.63. The lowest BCUT2D eigenvalue weighted by atomic mass is 9.83. The average Bonchev–Trinajstić information content (AvgIpc) is 2.81. The van der Waals surface area contributed by atoms with E-state index in [0.717, 1.165) is 5.56 Å². The van der Waals surface area contributed by atoms with Crippen molar-refractivity contribution in [3.63, 3.8) is 0 Å². The van der Waals surface area contributed by atoms with E-state index in [0.29, 0.717) is 17.8 Å². The first-order valence-electron chi connectivity index (χ1n) is 10.2. The van der Waals surface area contributed by atoms with E-state index < -0.39 is 17.1 Å². The Morgan fingerprint density at radius 2 is 1.94 bits per heavy atom. The van der Waals surface area contributed by atoms with Gasteiger partial charge in [0.05, 0.1) is 25.1 Å². The van der Waals surface area contributed by atoms with E-state index in [9.17, 15) is 20.0 Å². The van der Waals surface area contributed by atoms with Crippen molar-refractivity contribution in [2.45, 2.75) is 19.4 Å². The molecule has 4 N–H and O–H groups in total. The van der Waals surface area contributed by atoms with Crippen LogP contribution in [0.5, 0.6) is 5.75 Å². The van der Waals surface area contributed by atoms with Crippen LogP contribution in [0.1, 0.15) is 28.3 Å². The van der Waals surface area contributed by atoms with Gasteiger partial charge in [0, 0.05) is 23.9 Å². The second kappa shape index (κ2) is 8.91. The molecule has 0 aliphatic carbocycles. The highest BCUT2D eigenvalue weighted by molar-refractivity contribution is 5.92. The Morgan fingerprint density at radius 3 is 2.61 bits per heavy atom. The number of nitrogens with two attached hydrogens (primary N) is 1. The Labute approximate surface area is 189 Å². The zero-order valence-corrected chi connectivity index (χ0v) is 18.1. The molecule has 0 fully saturated rings. The highest BCUT2D eigenvalue weighted by atomic mass is 16.8. The van der Waals surface area contributed by atoms with Crippen LogP contribution in [0.4, 0.5) is 5.69 Å². The molecule has 1 aliphatic rings. The molecule has 1 aromatic heterocycles. The molecule has 1 unspecified atom stereocenters. The molecule has 4 rings (SSSR count). The van der Waals surface area contributed by atoms with Gasteiger partial charge in [0.2, 0.25) is 5.88 Å². The van der Waals surface area contributed by atoms with Gasteiger partial charge in [0.15, 0.2) is 5.69 Å². The molecule has 0 spiro atoms. The van der Waals surface area contributed by atoms with E-state index >= 15 is 0 Å². The molecule has 9 nitrogen and oxygen atoms in total. The number of aromatic nitrogens is 1. The topological polar surface area (TPSA) is 131 Å². The van der Waals surface area contributed by atoms with E-state index in [1.165, 1.54) is 19.2 Å². The summed E-state index contributed by atoms with van der Waals surface area (Å²) in [6, 6.07) is 17.2. The molecule has 1 aliphatic heterocycles. The van der Waals surface area contributed by atoms with Crippen LogP contribution < -0.4 is 21.3 Å². The van der Waals surface area contributed by atoms with Gasteiger partial charge >= 0.3 is 5.97 Å². The number of benzene rings is 2. The maximum Gasteiger partial charge on any atom is 0.340 e. The van der Waals surface area contributed by atoms with Crippen LogP contribution in [0.25, 0.3) is 0 Å². The van der Waals surface area contributed by atoms with Gasteiger partial charge in [-0.05, 0) is 18.1 Å². The highest BCUT2D eigenvalue weighted by Gasteiger charge is 2.38. The van der Waals surface area contributed by atoms with Gasteiger partial charge in [-0.15, -0.1) is 0 Å². The normalized spacial score (nSPS) is 16.1. The molecule has 0 saturated heterocycles. The van der Waals surface area contributed by atoms with Gasteiger partial charge in [-0.1, -0.05) is 42.5 Å². The van der Waals surface area contributed by atoms with Crippen LogP contribution in [0.2, 0.25) is 0 Å². The molecule has 33 heavy (non-hydrogen) atoms. The highest BCUT2D eigenvalue weighted by Crippen LogP contribution is 2.41. The van der Waals surface area contributed by atoms with Gasteiger partial charge in [-0.25, -0.2) is 10.0 Å². The standard InChI is InChI=1S/C24H23N3O6/c1-14-11-18-20(23(28)26(14)13-15-7-4-3-5-8-15)19(21(22(25)33-18)24(29)32-2)16-9-6-10-17(12-16)27(30)31/h3-12,19,27,30H,13,25H2,1-2H3/t19-/m0/s1. The second-order valence-electron chi connectivity index (χ2n) is 7.68. The SMILES string of the molecule is COC(=O)C1=C(N)Oc2cc(C)n(Cc3ccccc3)c(=O)c2[C@@H]1c1cccc([NH+]([O-])O)c1. The van der Waals surface area contributed by atoms with E-state index in [2.05, 4.69) is 0 Å². The number of rotatable bonds is 5. The molecule has 0 radical (unpaired) electrons. The summed E-state index contributed by atoms with van der Waals surface area (Å²) in [5.41, 5.74) is 7.85. The molecule has 0 saturated carbocycles. The minimum atomic E-state index is -1.13. The van der Waals surface area contributed by atoms with Crippen molar-refractivity contribution in [2.24, 2.45) is 5.73 Å². The van der Waals surface area contributed by atoms with Crippen LogP contribution in [0.3, 0.4) is 0 Å². The van der Waals surface area contributed by atoms with Crippen molar-refractivity contribution in [3.8, 4) is 5.75 Å². The molecule has 0 bridgehead atoms. The number of fused-ring (bicyclic) bond motifs is 1. The number of methoxy groups -OCH3 is 1. The number of aryl methyl sites for hydroxylation is 1. The van der Waals surface area contributed by atoms with E-state index in [1.807, 2.05) is 30.3 Å². The first kappa shape index (κ1) is 22.3. The van der Waals surface area contributed by atoms with Crippen molar-refractivity contribution in [1.29, 1.82) is 0 Å². The van der Waals surface area contributed by atoms with Gasteiger partial charge < -0.3 is 25.0 Å². The summed E-state index contributed by atoms with van der Waals surface area (Å²) in [4.78, 5) is 26.4. The number of nitrogens with zero attached hydrogens (tertiary/aromatic N) is 1. The molecule has 9 heteroatoms. The van der Waals surface area contributed by atoms with Crippen LogP contribution in [-0.4, -0.2) is 22.9 Å². The number of hydrogen-bond acceptors (Lipinski definition) is 7. The van der Waals surface area contributed by atoms with Gasteiger partial charge in [0.1, 0.15) is 11.3 Å². The fourth-order valence-corrected chi connectivity index (χ4v) is 4.04. The number of carbonyl (C=O) groups excluding carboxylic acids is 1. The number of nitrogens with one attached hydrogen (secondary N) is 1. The zero-order chi connectivity index (χ0) is 23.7. The second-order valence-corrected chi connectivity index (χ2v) is 7.68. The quantitative estimate of drug-likeness (QED) is 0.397. The first-order valence-corrected chi connectivity index (χ1v) is 10.2. The Balaban J connectivity index is 1.96. The molecule has 2 heterocycles. The predicted octanol–water partition coefficient (Wildman–Crippen LogP) is 1.48. The molecular formula is C24H23N3O6. The summed E-state index contributed by atoms with van der Waals surface area (Å²) in [5.74, 6) is -1.70. The lowest BCUT2D eigenvalue weighted by Crippen LogP contribution is -2.99. The van der Waals surface area contributed by atoms with Crippen LogP contribution >= 0.6 is 0 Å². The number of ether oxygens (including phenoxy) is 2. The van der Waals surface area contributed by atoms with Crippen molar-refractivity contribution in [1.82, 2.24) is 4.57 Å². The van der Waals surface area contributed by atoms with E-state index in [1.54, 1.807) is 29.7 Å². The smallest absolute Gasteiger partial charge is 0.340 e. The van der Waals surface area contributed by atoms with Gasteiger partial charge in [-0.2, -0.15) is 5.23 Å². The largest absolute Gasteiger partial charge is 0.595 e. The number of hydrogen-bond donors (Lipinski definition) is 3. The third-order valence-electron chi connectivity index (χ3n) is 5.63. The van der Waals surface area contributed by atoms with Crippen molar-refractivity contribution < 1.29 is 24.7 Å². The Morgan fingerprint density at radius 1 is 1.21 bits per heavy atom. The summed E-state index contributed by atoms with van der Waals surface area (Å²) in [6.45, 7) is 2.09. The van der Waals surface area contributed by atoms with Crippen molar-refractivity contribution >= 4 is 11.7 Å². The van der Waals surface area contributed by atoms with Gasteiger partial charge in [0.25, 0.3) is 5.56 Å². The summed E-state index contributed by atoms with van der Waals surface area (Å²) in [7, 11) is 1.20. The third kappa shape index (κ3) is 4.12. The summed E-state index contributed by atoms with van der Waals surface area (Å²) in [5, 5.41) is 19.9. The van der Waals surface area contributed by atoms with Crippen molar-refractivity contribution in [3.05, 3.63) is 110 Å². The molecule has 2 atom stereocenters. The number of quaternary nitrogens is 1. The number of esters is 1. The lowest BCUT2D eigenvalue weighted by molar-refractivity contribution is -0.991. The Hall–Kier alpha value is -3.92. The fourth-order valence-electron chi connectivity index (χ4n) is 4.04. The summed E-state index contributed by atoms with van der Waals surface area (Å²) < 4.78 is 12.2. The van der Waals surface area contributed by atoms with Gasteiger partial charge in [-0.3, -0.25) is 4.79 Å². The molecule has 170 valence electrons. The zero-order valence-electron chi connectivity index (χ0n) is 18.1. The fraction of sp³-hybridized carbons (Fsp3) is 0.167. The monoisotopic (exact) mass is 449 g/mol. The van der Waals surface area contributed by atoms with Crippen molar-refractivity contribution in [2.75, 3.05) is 7.11 Å². The van der Waals surface area contributed by atoms with Crippen LogP contribution in [0.15, 0.2) is 76.9 Å². The molecule has 2 aromatic carbocycles. The summed E-state index contributed by atoms with van der Waals surface area (Å²) in [6.07, 6.45) is 0. The first-order chi connectivity index (χ1) is 15.8. The average molecular weight is 449 g/mol. The molecular weight excluding hydrogens is 426 g/mol. The summed E-state index contributed by atoms with van der Waals surface area (Å²) >= 11 is 0. The van der Waals surface area contributed by atoms with Crippen LogP contribution in [-0.2, 0) is 16.1 Å². The minimum absolute atomic E-state index is 0.0139.